The van der Waals surface area contributed by atoms with Crippen molar-refractivity contribution in [1.29, 1.82) is 0 Å². The number of hydrogen-bond acceptors (Lipinski definition) is 3. The molecule has 0 unspecified atom stereocenters. The molecule has 1 aliphatic heterocycles. The molecule has 0 amide bonds. The summed E-state index contributed by atoms with van der Waals surface area (Å²) < 4.78 is 14.6. The molecule has 16 heavy (non-hydrogen) atoms. The standard InChI is InChI=1S/C11H9FN4/c12-8-1-2-11(14-5-8)16-7-15-9-6-13-4-3-10(9)16/h1-2,5-7H,3-4H2. The molecule has 2 aromatic heterocycles. The molecule has 0 atom stereocenters. The van der Waals surface area contributed by atoms with Gasteiger partial charge in [-0.3, -0.25) is 9.56 Å². The molecule has 0 aromatic carbocycles. The van der Waals surface area contributed by atoms with Crippen molar-refractivity contribution in [3.8, 4) is 5.82 Å². The molecule has 5 heteroatoms. The van der Waals surface area contributed by atoms with Crippen molar-refractivity contribution in [2.75, 3.05) is 6.54 Å². The Morgan fingerprint density at radius 3 is 3.00 bits per heavy atom. The molecule has 0 bridgehead atoms. The second-order valence-corrected chi connectivity index (χ2v) is 3.57. The fraction of sp³-hybridized carbons (Fsp3) is 0.182. The minimum atomic E-state index is -0.334. The number of aliphatic imine (C=N–C) groups is 1. The van der Waals surface area contributed by atoms with Gasteiger partial charge in [0.15, 0.2) is 0 Å². The molecule has 4 nitrogen and oxygen atoms in total. The summed E-state index contributed by atoms with van der Waals surface area (Å²) in [7, 11) is 0. The summed E-state index contributed by atoms with van der Waals surface area (Å²) >= 11 is 0. The quantitative estimate of drug-likeness (QED) is 0.722. The van der Waals surface area contributed by atoms with E-state index in [1.54, 1.807) is 18.6 Å². The third-order valence-corrected chi connectivity index (χ3v) is 2.55. The topological polar surface area (TPSA) is 43.1 Å². The summed E-state index contributed by atoms with van der Waals surface area (Å²) in [5.74, 6) is 0.352. The zero-order valence-electron chi connectivity index (χ0n) is 8.47. The van der Waals surface area contributed by atoms with E-state index in [0.717, 1.165) is 24.4 Å². The van der Waals surface area contributed by atoms with Crippen LogP contribution in [0, 0.1) is 5.82 Å². The SMILES string of the molecule is Fc1ccc(-n2cnc3c2CCN=C3)nc1. The van der Waals surface area contributed by atoms with Gasteiger partial charge in [-0.2, -0.15) is 0 Å². The molecule has 2 aromatic rings. The first-order valence-corrected chi connectivity index (χ1v) is 5.02. The Balaban J connectivity index is 2.10. The Hall–Kier alpha value is -2.04. The third-order valence-electron chi connectivity index (χ3n) is 2.55. The van der Waals surface area contributed by atoms with Gasteiger partial charge in [0.1, 0.15) is 23.7 Å². The molecule has 3 heterocycles. The van der Waals surface area contributed by atoms with Crippen LogP contribution in [0.15, 0.2) is 29.6 Å². The number of fused-ring (bicyclic) bond motifs is 1. The van der Waals surface area contributed by atoms with Gasteiger partial charge in [-0.05, 0) is 12.1 Å². The first kappa shape index (κ1) is 9.21. The van der Waals surface area contributed by atoms with Gasteiger partial charge in [-0.15, -0.1) is 0 Å². The van der Waals surface area contributed by atoms with Crippen molar-refractivity contribution in [2.45, 2.75) is 6.42 Å². The van der Waals surface area contributed by atoms with Crippen LogP contribution in [-0.4, -0.2) is 27.3 Å². The molecule has 3 rings (SSSR count). The summed E-state index contributed by atoms with van der Waals surface area (Å²) in [6, 6.07) is 3.04. The summed E-state index contributed by atoms with van der Waals surface area (Å²) in [5, 5.41) is 0. The van der Waals surface area contributed by atoms with Gasteiger partial charge in [-0.1, -0.05) is 0 Å². The highest BCUT2D eigenvalue weighted by molar-refractivity contribution is 5.79. The van der Waals surface area contributed by atoms with E-state index in [0.29, 0.717) is 5.82 Å². The summed E-state index contributed by atoms with van der Waals surface area (Å²) in [5.41, 5.74) is 1.95. The summed E-state index contributed by atoms with van der Waals surface area (Å²) in [4.78, 5) is 12.4. The minimum absolute atomic E-state index is 0.334. The lowest BCUT2D eigenvalue weighted by Gasteiger charge is -2.09. The first-order chi connectivity index (χ1) is 7.84. The Bertz CT molecular complexity index is 542. The summed E-state index contributed by atoms with van der Waals surface area (Å²) in [6.45, 7) is 0.764. The molecule has 0 fully saturated rings. The van der Waals surface area contributed by atoms with Crippen LogP contribution in [0.4, 0.5) is 4.39 Å². The Morgan fingerprint density at radius 1 is 1.25 bits per heavy atom. The van der Waals surface area contributed by atoms with E-state index < -0.39 is 0 Å². The maximum atomic E-state index is 12.8. The van der Waals surface area contributed by atoms with Gasteiger partial charge >= 0.3 is 0 Å². The molecule has 1 aliphatic rings. The highest BCUT2D eigenvalue weighted by atomic mass is 19.1. The van der Waals surface area contributed by atoms with Crippen LogP contribution in [0.25, 0.3) is 5.82 Å². The number of halogens is 1. The second-order valence-electron chi connectivity index (χ2n) is 3.57. The van der Waals surface area contributed by atoms with E-state index in [-0.39, 0.29) is 5.82 Å². The molecule has 0 saturated carbocycles. The van der Waals surface area contributed by atoms with Crippen LogP contribution >= 0.6 is 0 Å². The monoisotopic (exact) mass is 216 g/mol. The first-order valence-electron chi connectivity index (χ1n) is 5.02. The average Bonchev–Trinajstić information content (AvgIpc) is 2.74. The maximum Gasteiger partial charge on any atom is 0.141 e. The number of nitrogens with zero attached hydrogens (tertiary/aromatic N) is 4. The van der Waals surface area contributed by atoms with E-state index in [4.69, 9.17) is 0 Å². The maximum absolute atomic E-state index is 12.8. The van der Waals surface area contributed by atoms with Crippen LogP contribution in [0.5, 0.6) is 0 Å². The van der Waals surface area contributed by atoms with Gasteiger partial charge in [0.2, 0.25) is 0 Å². The van der Waals surface area contributed by atoms with Crippen molar-refractivity contribution >= 4 is 6.21 Å². The lowest BCUT2D eigenvalue weighted by molar-refractivity contribution is 0.620. The van der Waals surface area contributed by atoms with Crippen LogP contribution in [0.1, 0.15) is 11.4 Å². The van der Waals surface area contributed by atoms with Crippen LogP contribution < -0.4 is 0 Å². The lowest BCUT2D eigenvalue weighted by Crippen LogP contribution is -2.08. The smallest absolute Gasteiger partial charge is 0.141 e. The van der Waals surface area contributed by atoms with Gasteiger partial charge in [-0.25, -0.2) is 14.4 Å². The van der Waals surface area contributed by atoms with Gasteiger partial charge in [0.25, 0.3) is 0 Å². The van der Waals surface area contributed by atoms with E-state index in [1.807, 2.05) is 4.57 Å². The van der Waals surface area contributed by atoms with Gasteiger partial charge in [0.05, 0.1) is 11.9 Å². The van der Waals surface area contributed by atoms with Gasteiger partial charge in [0, 0.05) is 19.2 Å². The third kappa shape index (κ3) is 1.41. The van der Waals surface area contributed by atoms with Crippen molar-refractivity contribution in [3.05, 3.63) is 41.9 Å². The van der Waals surface area contributed by atoms with Crippen LogP contribution in [0.2, 0.25) is 0 Å². The zero-order valence-corrected chi connectivity index (χ0v) is 8.47. The van der Waals surface area contributed by atoms with Gasteiger partial charge < -0.3 is 0 Å². The van der Waals surface area contributed by atoms with Crippen molar-refractivity contribution in [3.63, 3.8) is 0 Å². The predicted octanol–water partition coefficient (Wildman–Crippen LogP) is 1.38. The van der Waals surface area contributed by atoms with E-state index in [1.165, 1.54) is 12.3 Å². The molecular weight excluding hydrogens is 207 g/mol. The highest BCUT2D eigenvalue weighted by Crippen LogP contribution is 2.15. The number of imidazole rings is 1. The molecule has 0 aliphatic carbocycles. The summed E-state index contributed by atoms with van der Waals surface area (Å²) in [6.07, 6.45) is 5.50. The number of rotatable bonds is 1. The predicted molar refractivity (Wildman–Crippen MR) is 57.5 cm³/mol. The molecule has 0 spiro atoms. The number of pyridine rings is 1. The number of aromatic nitrogens is 3. The van der Waals surface area contributed by atoms with E-state index >= 15 is 0 Å². The minimum Gasteiger partial charge on any atom is -0.290 e. The van der Waals surface area contributed by atoms with Crippen LogP contribution in [-0.2, 0) is 6.42 Å². The zero-order chi connectivity index (χ0) is 11.0. The second kappa shape index (κ2) is 3.52. The fourth-order valence-corrected chi connectivity index (χ4v) is 1.77. The normalized spacial score (nSPS) is 13.8. The van der Waals surface area contributed by atoms with Crippen molar-refractivity contribution in [2.24, 2.45) is 4.99 Å². The highest BCUT2D eigenvalue weighted by Gasteiger charge is 2.13. The Kier molecular flexibility index (Phi) is 2.02. The molecule has 0 saturated heterocycles. The molecular formula is C11H9FN4. The Labute approximate surface area is 91.5 Å². The van der Waals surface area contributed by atoms with Crippen molar-refractivity contribution < 1.29 is 4.39 Å². The number of hydrogen-bond donors (Lipinski definition) is 0. The fourth-order valence-electron chi connectivity index (χ4n) is 1.77. The lowest BCUT2D eigenvalue weighted by atomic mass is 10.2. The van der Waals surface area contributed by atoms with Crippen molar-refractivity contribution in [1.82, 2.24) is 14.5 Å². The molecule has 80 valence electrons. The average molecular weight is 216 g/mol. The molecule has 0 N–H and O–H groups in total. The Morgan fingerprint density at radius 2 is 2.19 bits per heavy atom. The van der Waals surface area contributed by atoms with Crippen LogP contribution in [0.3, 0.4) is 0 Å². The molecule has 0 radical (unpaired) electrons. The largest absolute Gasteiger partial charge is 0.290 e. The van der Waals surface area contributed by atoms with E-state index in [9.17, 15) is 4.39 Å². The van der Waals surface area contributed by atoms with E-state index in [2.05, 4.69) is 15.0 Å².